The molecular weight excluding hydrogens is 499 g/mol. The molecule has 8 nitrogen and oxygen atoms in total. The summed E-state index contributed by atoms with van der Waals surface area (Å²) >= 11 is 0. The fourth-order valence-corrected chi connectivity index (χ4v) is 4.80. The molecule has 0 saturated heterocycles. The summed E-state index contributed by atoms with van der Waals surface area (Å²) in [6, 6.07) is 3.31. The van der Waals surface area contributed by atoms with Crippen molar-refractivity contribution >= 4 is 17.7 Å². The van der Waals surface area contributed by atoms with Gasteiger partial charge in [-0.2, -0.15) is 13.2 Å². The number of hydrogen-bond donors (Lipinski definition) is 2. The topological polar surface area (TPSA) is 106 Å². The number of aryl methyl sites for hydroxylation is 2. The molecule has 1 fully saturated rings. The summed E-state index contributed by atoms with van der Waals surface area (Å²) in [5.41, 5.74) is 1.75. The van der Waals surface area contributed by atoms with Crippen LogP contribution in [0.5, 0.6) is 0 Å². The molecule has 206 valence electrons. The van der Waals surface area contributed by atoms with Crippen molar-refractivity contribution in [3.8, 4) is 0 Å². The number of anilines is 1. The minimum Gasteiger partial charge on any atom is -0.460 e. The molecule has 0 spiro atoms. The Morgan fingerprint density at radius 3 is 2.53 bits per heavy atom. The van der Waals surface area contributed by atoms with Gasteiger partial charge < -0.3 is 15.4 Å². The van der Waals surface area contributed by atoms with Crippen molar-refractivity contribution < 1.29 is 27.5 Å². The standard InChI is InChI=1S/C27H34F3N5O3/c1-26(2,3)38-22(36)13-21(19-14-32-25(33-15-19)27(28,29)30)35-24(37)18-11-16(12-18)6-8-20-9-7-17-5-4-10-31-23(17)34-20/h7,9,14-16,18,21H,4-6,8,10-13H2,1-3H3,(H,31,34)(H,35,37). The summed E-state index contributed by atoms with van der Waals surface area (Å²) in [7, 11) is 0. The number of fused-ring (bicyclic) bond motifs is 1. The second-order valence-corrected chi connectivity index (χ2v) is 11.1. The third-order valence-corrected chi connectivity index (χ3v) is 6.80. The summed E-state index contributed by atoms with van der Waals surface area (Å²) in [5.74, 6) is -0.977. The van der Waals surface area contributed by atoms with Gasteiger partial charge in [0.15, 0.2) is 0 Å². The van der Waals surface area contributed by atoms with Crippen LogP contribution in [0.4, 0.5) is 19.0 Å². The number of pyridine rings is 1. The number of esters is 1. The lowest BCUT2D eigenvalue weighted by molar-refractivity contribution is -0.155. The summed E-state index contributed by atoms with van der Waals surface area (Å²) in [6.45, 7) is 6.08. The molecule has 38 heavy (non-hydrogen) atoms. The van der Waals surface area contributed by atoms with Crippen LogP contribution in [0.25, 0.3) is 0 Å². The van der Waals surface area contributed by atoms with Gasteiger partial charge in [-0.25, -0.2) is 15.0 Å². The molecule has 1 amide bonds. The average molecular weight is 534 g/mol. The fourth-order valence-electron chi connectivity index (χ4n) is 4.80. The van der Waals surface area contributed by atoms with Gasteiger partial charge in [0.2, 0.25) is 11.7 Å². The minimum atomic E-state index is -4.69. The number of halogens is 3. The van der Waals surface area contributed by atoms with E-state index < -0.39 is 29.6 Å². The first-order valence-corrected chi connectivity index (χ1v) is 13.0. The summed E-state index contributed by atoms with van der Waals surface area (Å²) in [4.78, 5) is 36.9. The van der Waals surface area contributed by atoms with Crippen LogP contribution in [0, 0.1) is 11.8 Å². The summed E-state index contributed by atoms with van der Waals surface area (Å²) in [6.07, 6.45) is 2.38. The third kappa shape index (κ3) is 7.41. The van der Waals surface area contributed by atoms with Crippen LogP contribution in [0.3, 0.4) is 0 Å². The Bertz CT molecular complexity index is 1140. The van der Waals surface area contributed by atoms with Gasteiger partial charge in [-0.3, -0.25) is 9.59 Å². The molecule has 1 unspecified atom stereocenters. The highest BCUT2D eigenvalue weighted by Crippen LogP contribution is 2.38. The summed E-state index contributed by atoms with van der Waals surface area (Å²) in [5, 5.41) is 6.16. The highest BCUT2D eigenvalue weighted by molar-refractivity contribution is 5.81. The van der Waals surface area contributed by atoms with Crippen LogP contribution in [0.1, 0.15) is 81.6 Å². The molecule has 2 aromatic rings. The maximum atomic E-state index is 13.0. The van der Waals surface area contributed by atoms with Crippen molar-refractivity contribution in [1.29, 1.82) is 0 Å². The lowest BCUT2D eigenvalue weighted by Crippen LogP contribution is -2.41. The van der Waals surface area contributed by atoms with Crippen LogP contribution in [-0.2, 0) is 33.3 Å². The number of hydrogen-bond acceptors (Lipinski definition) is 7. The second-order valence-electron chi connectivity index (χ2n) is 11.1. The first-order valence-electron chi connectivity index (χ1n) is 13.0. The van der Waals surface area contributed by atoms with E-state index >= 15 is 0 Å². The molecule has 0 aromatic carbocycles. The number of amides is 1. The number of carbonyl (C=O) groups is 2. The molecule has 2 aliphatic rings. The first-order chi connectivity index (χ1) is 17.9. The number of ether oxygens (including phenoxy) is 1. The molecule has 4 rings (SSSR count). The molecular formula is C27H34F3N5O3. The van der Waals surface area contributed by atoms with Crippen molar-refractivity contribution in [3.63, 3.8) is 0 Å². The molecule has 1 saturated carbocycles. The molecule has 2 aromatic heterocycles. The first kappa shape index (κ1) is 27.8. The molecule has 0 radical (unpaired) electrons. The van der Waals surface area contributed by atoms with Crippen LogP contribution < -0.4 is 10.6 Å². The quantitative estimate of drug-likeness (QED) is 0.470. The molecule has 11 heteroatoms. The van der Waals surface area contributed by atoms with Crippen molar-refractivity contribution in [2.24, 2.45) is 11.8 Å². The van der Waals surface area contributed by atoms with Crippen molar-refractivity contribution in [2.75, 3.05) is 11.9 Å². The van der Waals surface area contributed by atoms with E-state index in [2.05, 4.69) is 32.7 Å². The Balaban J connectivity index is 1.33. The van der Waals surface area contributed by atoms with E-state index in [0.717, 1.165) is 56.1 Å². The van der Waals surface area contributed by atoms with E-state index in [1.54, 1.807) is 20.8 Å². The van der Waals surface area contributed by atoms with Crippen molar-refractivity contribution in [2.45, 2.75) is 83.5 Å². The van der Waals surface area contributed by atoms with Crippen LogP contribution >= 0.6 is 0 Å². The maximum Gasteiger partial charge on any atom is 0.451 e. The molecule has 1 atom stereocenters. The molecule has 2 N–H and O–H groups in total. The Morgan fingerprint density at radius 1 is 1.16 bits per heavy atom. The number of carbonyl (C=O) groups excluding carboxylic acids is 2. The zero-order valence-corrected chi connectivity index (χ0v) is 21.9. The fraction of sp³-hybridized carbons (Fsp3) is 0.593. The van der Waals surface area contributed by atoms with Gasteiger partial charge in [0.1, 0.15) is 11.4 Å². The Hall–Kier alpha value is -3.24. The largest absolute Gasteiger partial charge is 0.460 e. The van der Waals surface area contributed by atoms with E-state index in [4.69, 9.17) is 9.72 Å². The highest BCUT2D eigenvalue weighted by Gasteiger charge is 2.37. The van der Waals surface area contributed by atoms with Gasteiger partial charge >= 0.3 is 12.1 Å². The lowest BCUT2D eigenvalue weighted by atomic mass is 9.72. The monoisotopic (exact) mass is 533 g/mol. The third-order valence-electron chi connectivity index (χ3n) is 6.80. The Kier molecular flexibility index (Phi) is 8.22. The van der Waals surface area contributed by atoms with E-state index in [1.165, 1.54) is 5.56 Å². The number of alkyl halides is 3. The molecule has 0 bridgehead atoms. The molecule has 1 aliphatic carbocycles. The van der Waals surface area contributed by atoms with Gasteiger partial charge in [-0.05, 0) is 76.8 Å². The van der Waals surface area contributed by atoms with E-state index in [0.29, 0.717) is 18.8 Å². The van der Waals surface area contributed by atoms with Gasteiger partial charge in [0, 0.05) is 36.1 Å². The number of rotatable bonds is 8. The Labute approximate surface area is 220 Å². The Morgan fingerprint density at radius 2 is 1.87 bits per heavy atom. The van der Waals surface area contributed by atoms with Crippen LogP contribution in [0.2, 0.25) is 0 Å². The minimum absolute atomic E-state index is 0.208. The van der Waals surface area contributed by atoms with Gasteiger partial charge in [-0.1, -0.05) is 6.07 Å². The molecule has 3 heterocycles. The van der Waals surface area contributed by atoms with Crippen LogP contribution in [-0.4, -0.2) is 39.0 Å². The zero-order chi connectivity index (χ0) is 27.5. The average Bonchev–Trinajstić information content (AvgIpc) is 2.81. The lowest BCUT2D eigenvalue weighted by Gasteiger charge is -2.35. The van der Waals surface area contributed by atoms with Gasteiger partial charge in [-0.15, -0.1) is 0 Å². The van der Waals surface area contributed by atoms with E-state index in [9.17, 15) is 22.8 Å². The predicted molar refractivity (Wildman–Crippen MR) is 134 cm³/mol. The second kappa shape index (κ2) is 11.2. The normalized spacial score (nSPS) is 19.9. The van der Waals surface area contributed by atoms with E-state index in [-0.39, 0.29) is 23.8 Å². The maximum absolute atomic E-state index is 13.0. The van der Waals surface area contributed by atoms with Crippen LogP contribution in [0.15, 0.2) is 24.5 Å². The van der Waals surface area contributed by atoms with Gasteiger partial charge in [0.05, 0.1) is 12.5 Å². The predicted octanol–water partition coefficient (Wildman–Crippen LogP) is 4.80. The van der Waals surface area contributed by atoms with Crippen molar-refractivity contribution in [3.05, 3.63) is 47.2 Å². The zero-order valence-electron chi connectivity index (χ0n) is 21.9. The van der Waals surface area contributed by atoms with Gasteiger partial charge in [0.25, 0.3) is 0 Å². The SMILES string of the molecule is CC(C)(C)OC(=O)CC(NC(=O)C1CC(CCc2ccc3c(n2)NCCC3)C1)c1cnc(C(F)(F)F)nc1. The smallest absolute Gasteiger partial charge is 0.451 e. The number of nitrogens with zero attached hydrogens (tertiary/aromatic N) is 3. The summed E-state index contributed by atoms with van der Waals surface area (Å²) < 4.78 is 44.0. The van der Waals surface area contributed by atoms with E-state index in [1.807, 2.05) is 0 Å². The number of aromatic nitrogens is 3. The number of nitrogens with one attached hydrogen (secondary N) is 2. The highest BCUT2D eigenvalue weighted by atomic mass is 19.4. The van der Waals surface area contributed by atoms with Crippen molar-refractivity contribution in [1.82, 2.24) is 20.3 Å². The molecule has 1 aliphatic heterocycles.